The van der Waals surface area contributed by atoms with E-state index in [2.05, 4.69) is 10.3 Å². The highest BCUT2D eigenvalue weighted by molar-refractivity contribution is 5.96. The molecule has 8 heteroatoms. The highest BCUT2D eigenvalue weighted by Gasteiger charge is 2.34. The van der Waals surface area contributed by atoms with Gasteiger partial charge in [0.1, 0.15) is 17.5 Å². The van der Waals surface area contributed by atoms with Crippen LogP contribution in [0.1, 0.15) is 56.0 Å². The van der Waals surface area contributed by atoms with Crippen molar-refractivity contribution in [2.75, 3.05) is 36.9 Å². The molecule has 1 aromatic heterocycles. The first-order valence-corrected chi connectivity index (χ1v) is 10.9. The summed E-state index contributed by atoms with van der Waals surface area (Å²) in [6.45, 7) is 3.84. The molecular weight excluding hydrogens is 397 g/mol. The van der Waals surface area contributed by atoms with Crippen LogP contribution in [0.4, 0.5) is 15.9 Å². The Bertz CT molecular complexity index is 957. The first-order chi connectivity index (χ1) is 15.0. The summed E-state index contributed by atoms with van der Waals surface area (Å²) >= 11 is 0. The number of hydrogen-bond donors (Lipinski definition) is 1. The van der Waals surface area contributed by atoms with Gasteiger partial charge < -0.3 is 15.1 Å². The molecule has 0 spiro atoms. The predicted octanol–water partition coefficient (Wildman–Crippen LogP) is 3.29. The summed E-state index contributed by atoms with van der Waals surface area (Å²) in [5, 5.41) is 3.11. The second-order valence-electron chi connectivity index (χ2n) is 8.18. The van der Waals surface area contributed by atoms with Gasteiger partial charge in [0.05, 0.1) is 5.69 Å². The average molecular weight is 426 g/mol. The molecule has 1 aromatic carbocycles. The summed E-state index contributed by atoms with van der Waals surface area (Å²) in [7, 11) is 1.82. The third-order valence-electron chi connectivity index (χ3n) is 6.22. The third-order valence-corrected chi connectivity index (χ3v) is 6.22. The van der Waals surface area contributed by atoms with Crippen LogP contribution in [0.5, 0.6) is 0 Å². The largest absolute Gasteiger partial charge is 0.373 e. The molecular formula is C23H28FN5O2. The van der Waals surface area contributed by atoms with Crippen molar-refractivity contribution >= 4 is 23.3 Å². The summed E-state index contributed by atoms with van der Waals surface area (Å²) in [5.41, 5.74) is 1.55. The Kier molecular flexibility index (Phi) is 6.15. The summed E-state index contributed by atoms with van der Waals surface area (Å²) in [6.07, 6.45) is 2.56. The molecule has 2 fully saturated rings. The lowest BCUT2D eigenvalue weighted by molar-refractivity contribution is -0.131. The van der Waals surface area contributed by atoms with Gasteiger partial charge in [-0.25, -0.2) is 14.4 Å². The number of rotatable bonds is 5. The minimum absolute atomic E-state index is 0.00849. The molecule has 0 radical (unpaired) electrons. The van der Waals surface area contributed by atoms with Crippen molar-refractivity contribution < 1.29 is 14.0 Å². The molecule has 0 saturated carbocycles. The van der Waals surface area contributed by atoms with Crippen molar-refractivity contribution in [3.8, 4) is 0 Å². The van der Waals surface area contributed by atoms with Gasteiger partial charge in [0.25, 0.3) is 0 Å². The van der Waals surface area contributed by atoms with Gasteiger partial charge in [-0.15, -0.1) is 0 Å². The minimum atomic E-state index is -0.322. The van der Waals surface area contributed by atoms with Crippen molar-refractivity contribution in [3.63, 3.8) is 0 Å². The van der Waals surface area contributed by atoms with Gasteiger partial charge in [-0.2, -0.15) is 0 Å². The molecule has 7 nitrogen and oxygen atoms in total. The Labute approximate surface area is 181 Å². The SMILES string of the molecule is CCC(=O)N1CCC(c2nc(NC)cc([C@H]3CC(=O)N(c4ccc(F)cc4)C3)n2)CC1. The Balaban J connectivity index is 1.52. The second-order valence-corrected chi connectivity index (χ2v) is 8.18. The van der Waals surface area contributed by atoms with Crippen molar-refractivity contribution in [2.24, 2.45) is 0 Å². The van der Waals surface area contributed by atoms with E-state index in [1.54, 1.807) is 17.0 Å². The van der Waals surface area contributed by atoms with E-state index in [4.69, 9.17) is 4.98 Å². The summed E-state index contributed by atoms with van der Waals surface area (Å²) in [6, 6.07) is 7.91. The summed E-state index contributed by atoms with van der Waals surface area (Å²) < 4.78 is 13.3. The zero-order valence-electron chi connectivity index (χ0n) is 18.0. The zero-order valence-corrected chi connectivity index (χ0v) is 18.0. The van der Waals surface area contributed by atoms with E-state index in [1.807, 2.05) is 24.9 Å². The molecule has 0 bridgehead atoms. The van der Waals surface area contributed by atoms with Crippen LogP contribution in [0, 0.1) is 5.82 Å². The van der Waals surface area contributed by atoms with Crippen LogP contribution in [-0.4, -0.2) is 53.4 Å². The molecule has 4 rings (SSSR count). The number of halogens is 1. The van der Waals surface area contributed by atoms with E-state index >= 15 is 0 Å². The van der Waals surface area contributed by atoms with Gasteiger partial charge in [-0.3, -0.25) is 9.59 Å². The van der Waals surface area contributed by atoms with Crippen LogP contribution in [0.3, 0.4) is 0 Å². The number of anilines is 2. The number of aromatic nitrogens is 2. The molecule has 2 aromatic rings. The maximum absolute atomic E-state index is 13.3. The number of hydrogen-bond acceptors (Lipinski definition) is 5. The molecule has 2 amide bonds. The molecule has 1 atom stereocenters. The Morgan fingerprint density at radius 3 is 2.52 bits per heavy atom. The summed E-state index contributed by atoms with van der Waals surface area (Å²) in [4.78, 5) is 37.8. The normalized spacial score (nSPS) is 19.7. The quantitative estimate of drug-likeness (QED) is 0.795. The van der Waals surface area contributed by atoms with Crippen LogP contribution >= 0.6 is 0 Å². The van der Waals surface area contributed by atoms with E-state index < -0.39 is 0 Å². The number of carbonyl (C=O) groups is 2. The summed E-state index contributed by atoms with van der Waals surface area (Å²) in [5.74, 6) is 1.53. The topological polar surface area (TPSA) is 78.4 Å². The highest BCUT2D eigenvalue weighted by atomic mass is 19.1. The molecule has 31 heavy (non-hydrogen) atoms. The van der Waals surface area contributed by atoms with Crippen molar-refractivity contribution in [2.45, 2.75) is 44.4 Å². The minimum Gasteiger partial charge on any atom is -0.373 e. The monoisotopic (exact) mass is 425 g/mol. The van der Waals surface area contributed by atoms with E-state index in [9.17, 15) is 14.0 Å². The molecule has 1 N–H and O–H groups in total. The number of nitrogens with zero attached hydrogens (tertiary/aromatic N) is 4. The first-order valence-electron chi connectivity index (χ1n) is 10.9. The highest BCUT2D eigenvalue weighted by Crippen LogP contribution is 2.34. The van der Waals surface area contributed by atoms with Crippen LogP contribution in [0.15, 0.2) is 30.3 Å². The Hall–Kier alpha value is -3.03. The van der Waals surface area contributed by atoms with Gasteiger partial charge in [-0.05, 0) is 37.1 Å². The lowest BCUT2D eigenvalue weighted by Crippen LogP contribution is -2.37. The number of carbonyl (C=O) groups excluding carboxylic acids is 2. The van der Waals surface area contributed by atoms with Gasteiger partial charge in [-0.1, -0.05) is 6.92 Å². The average Bonchev–Trinajstić information content (AvgIpc) is 3.20. The zero-order chi connectivity index (χ0) is 22.0. The van der Waals surface area contributed by atoms with Gasteiger partial charge >= 0.3 is 0 Å². The molecule has 2 aliphatic rings. The van der Waals surface area contributed by atoms with E-state index in [-0.39, 0.29) is 29.5 Å². The second kappa shape index (κ2) is 8.99. The molecule has 0 unspecified atom stereocenters. The Morgan fingerprint density at radius 1 is 1.16 bits per heavy atom. The van der Waals surface area contributed by atoms with Crippen LogP contribution in [0.25, 0.3) is 0 Å². The smallest absolute Gasteiger partial charge is 0.227 e. The number of likely N-dealkylation sites (tertiary alicyclic amines) is 1. The number of nitrogens with one attached hydrogen (secondary N) is 1. The van der Waals surface area contributed by atoms with Gasteiger partial charge in [0.2, 0.25) is 11.8 Å². The van der Waals surface area contributed by atoms with Crippen LogP contribution in [-0.2, 0) is 9.59 Å². The van der Waals surface area contributed by atoms with Crippen molar-refractivity contribution in [3.05, 3.63) is 47.7 Å². The number of benzene rings is 1. The van der Waals surface area contributed by atoms with Crippen molar-refractivity contribution in [1.29, 1.82) is 0 Å². The Morgan fingerprint density at radius 2 is 1.87 bits per heavy atom. The molecule has 0 aliphatic carbocycles. The standard InChI is InChI=1S/C23H28FN5O2/c1-3-21(30)28-10-8-15(9-11-28)23-26-19(13-20(25-2)27-23)16-12-22(31)29(14-16)18-6-4-17(24)5-7-18/h4-7,13,15-16H,3,8-12,14H2,1-2H3,(H,25,26,27)/t16-/m0/s1. The fourth-order valence-electron chi connectivity index (χ4n) is 4.39. The lowest BCUT2D eigenvalue weighted by Gasteiger charge is -2.31. The molecule has 3 heterocycles. The molecule has 2 aliphatic heterocycles. The fourth-order valence-corrected chi connectivity index (χ4v) is 4.39. The van der Waals surface area contributed by atoms with E-state index in [1.165, 1.54) is 12.1 Å². The number of amides is 2. The van der Waals surface area contributed by atoms with Gasteiger partial charge in [0, 0.05) is 63.1 Å². The van der Waals surface area contributed by atoms with Crippen LogP contribution < -0.4 is 10.2 Å². The van der Waals surface area contributed by atoms with Crippen LogP contribution in [0.2, 0.25) is 0 Å². The fraction of sp³-hybridized carbons (Fsp3) is 0.478. The first kappa shape index (κ1) is 21.2. The lowest BCUT2D eigenvalue weighted by atomic mass is 9.95. The van der Waals surface area contributed by atoms with E-state index in [0.29, 0.717) is 25.1 Å². The van der Waals surface area contributed by atoms with Gasteiger partial charge in [0.15, 0.2) is 0 Å². The third kappa shape index (κ3) is 4.52. The maximum atomic E-state index is 13.3. The van der Waals surface area contributed by atoms with E-state index in [0.717, 1.165) is 43.3 Å². The predicted molar refractivity (Wildman–Crippen MR) is 117 cm³/mol. The maximum Gasteiger partial charge on any atom is 0.227 e. The molecule has 164 valence electrons. The van der Waals surface area contributed by atoms with Crippen molar-refractivity contribution in [1.82, 2.24) is 14.9 Å². The number of piperidine rings is 1. The molecule has 2 saturated heterocycles.